The lowest BCUT2D eigenvalue weighted by Gasteiger charge is -2.33. The summed E-state index contributed by atoms with van der Waals surface area (Å²) < 4.78 is 32.4. The number of hydrogen-bond acceptors (Lipinski definition) is 4. The van der Waals surface area contributed by atoms with Crippen LogP contribution in [0.15, 0.2) is 35.2 Å². The number of amides is 1. The van der Waals surface area contributed by atoms with Crippen molar-refractivity contribution in [2.45, 2.75) is 36.6 Å². The first kappa shape index (κ1) is 19.9. The molecule has 27 heavy (non-hydrogen) atoms. The van der Waals surface area contributed by atoms with Crippen molar-refractivity contribution in [2.75, 3.05) is 26.3 Å². The lowest BCUT2D eigenvalue weighted by molar-refractivity contribution is -0.127. The van der Waals surface area contributed by atoms with Crippen LogP contribution in [0.4, 0.5) is 0 Å². The molecule has 6 nitrogen and oxygen atoms in total. The van der Waals surface area contributed by atoms with E-state index in [1.54, 1.807) is 30.3 Å². The average Bonchev–Trinajstić information content (AvgIpc) is 2.73. The molecule has 0 saturated carbocycles. The summed E-state index contributed by atoms with van der Waals surface area (Å²) in [4.78, 5) is 13.0. The molecule has 146 valence electrons. The van der Waals surface area contributed by atoms with Gasteiger partial charge >= 0.3 is 0 Å². The fraction of sp³-hybridized carbons (Fsp3) is 0.550. The second-order valence-electron chi connectivity index (χ2n) is 7.12. The van der Waals surface area contributed by atoms with Gasteiger partial charge in [-0.3, -0.25) is 4.79 Å². The minimum absolute atomic E-state index is 0.155. The first-order valence-electron chi connectivity index (χ1n) is 9.42. The standard InChI is InChI=1S/C20H26N2O4S/c1-2-19(16-10-13-26-14-11-16)21-20(23)17-7-6-12-22(15-17)27(24,25)18-8-4-3-5-9-18/h1,3-5,8-9,16-17,19H,6-7,10-15H2,(H,21,23)/t17-,19+/m0/s1. The van der Waals surface area contributed by atoms with Crippen LogP contribution in [0.3, 0.4) is 0 Å². The van der Waals surface area contributed by atoms with E-state index in [0.717, 1.165) is 12.8 Å². The van der Waals surface area contributed by atoms with Gasteiger partial charge in [0, 0.05) is 26.3 Å². The van der Waals surface area contributed by atoms with E-state index < -0.39 is 10.0 Å². The number of terminal acetylenes is 1. The van der Waals surface area contributed by atoms with E-state index in [9.17, 15) is 13.2 Å². The van der Waals surface area contributed by atoms with Gasteiger partial charge in [-0.1, -0.05) is 24.1 Å². The molecule has 1 amide bonds. The zero-order valence-electron chi connectivity index (χ0n) is 15.3. The Balaban J connectivity index is 1.65. The van der Waals surface area contributed by atoms with Crippen LogP contribution in [0.25, 0.3) is 0 Å². The Morgan fingerprint density at radius 1 is 1.22 bits per heavy atom. The number of sulfonamides is 1. The monoisotopic (exact) mass is 390 g/mol. The maximum absolute atomic E-state index is 12.8. The predicted octanol–water partition coefficient (Wildman–Crippen LogP) is 1.63. The molecule has 2 atom stereocenters. The molecule has 0 unspecified atom stereocenters. The van der Waals surface area contributed by atoms with Crippen molar-refractivity contribution in [1.29, 1.82) is 0 Å². The fourth-order valence-corrected chi connectivity index (χ4v) is 5.28. The number of piperidine rings is 1. The van der Waals surface area contributed by atoms with Gasteiger partial charge in [0.05, 0.1) is 16.9 Å². The van der Waals surface area contributed by atoms with E-state index >= 15 is 0 Å². The summed E-state index contributed by atoms with van der Waals surface area (Å²) in [5, 5.41) is 2.97. The molecule has 0 aliphatic carbocycles. The number of nitrogens with one attached hydrogen (secondary N) is 1. The smallest absolute Gasteiger partial charge is 0.243 e. The van der Waals surface area contributed by atoms with Gasteiger partial charge < -0.3 is 10.1 Å². The summed E-state index contributed by atoms with van der Waals surface area (Å²) in [6, 6.07) is 8.01. The topological polar surface area (TPSA) is 75.7 Å². The van der Waals surface area contributed by atoms with Crippen LogP contribution >= 0.6 is 0 Å². The molecule has 2 heterocycles. The Hall–Kier alpha value is -1.88. The molecule has 1 aromatic carbocycles. The van der Waals surface area contributed by atoms with Crippen LogP contribution in [0.2, 0.25) is 0 Å². The van der Waals surface area contributed by atoms with Gasteiger partial charge in [-0.05, 0) is 43.7 Å². The van der Waals surface area contributed by atoms with Crippen molar-refractivity contribution in [1.82, 2.24) is 9.62 Å². The minimum atomic E-state index is -3.59. The molecular formula is C20H26N2O4S. The molecule has 7 heteroatoms. The number of ether oxygens (including phenoxy) is 1. The first-order valence-corrected chi connectivity index (χ1v) is 10.9. The third kappa shape index (κ3) is 4.70. The number of benzene rings is 1. The van der Waals surface area contributed by atoms with Gasteiger partial charge in [0.15, 0.2) is 0 Å². The quantitative estimate of drug-likeness (QED) is 0.776. The molecule has 2 aliphatic rings. The van der Waals surface area contributed by atoms with E-state index in [1.807, 2.05) is 0 Å². The third-order valence-electron chi connectivity index (χ3n) is 5.35. The van der Waals surface area contributed by atoms with E-state index in [1.165, 1.54) is 4.31 Å². The number of rotatable bonds is 5. The maximum atomic E-state index is 12.8. The Labute approximate surface area is 161 Å². The van der Waals surface area contributed by atoms with Crippen LogP contribution in [-0.4, -0.2) is 51.0 Å². The summed E-state index contributed by atoms with van der Waals surface area (Å²) in [5.41, 5.74) is 0. The van der Waals surface area contributed by atoms with Gasteiger partial charge in [0.25, 0.3) is 0 Å². The molecule has 3 rings (SSSR count). The van der Waals surface area contributed by atoms with Crippen molar-refractivity contribution in [3.63, 3.8) is 0 Å². The fourth-order valence-electron chi connectivity index (χ4n) is 3.73. The zero-order valence-corrected chi connectivity index (χ0v) is 16.2. The zero-order chi connectivity index (χ0) is 19.3. The molecule has 0 spiro atoms. The van der Waals surface area contributed by atoms with Gasteiger partial charge in [-0.15, -0.1) is 6.42 Å². The molecule has 2 fully saturated rings. The Morgan fingerprint density at radius 2 is 1.93 bits per heavy atom. The number of carbonyl (C=O) groups is 1. The van der Waals surface area contributed by atoms with Crippen molar-refractivity contribution in [3.8, 4) is 12.3 Å². The Morgan fingerprint density at radius 3 is 2.59 bits per heavy atom. The molecule has 0 bridgehead atoms. The average molecular weight is 391 g/mol. The maximum Gasteiger partial charge on any atom is 0.243 e. The highest BCUT2D eigenvalue weighted by atomic mass is 32.2. The molecule has 1 aromatic rings. The van der Waals surface area contributed by atoms with E-state index in [2.05, 4.69) is 11.2 Å². The van der Waals surface area contributed by atoms with Gasteiger partial charge in [-0.25, -0.2) is 8.42 Å². The summed E-state index contributed by atoms with van der Waals surface area (Å²) in [7, 11) is -3.59. The second kappa shape index (κ2) is 8.87. The largest absolute Gasteiger partial charge is 0.381 e. The van der Waals surface area contributed by atoms with Crippen molar-refractivity contribution in [2.24, 2.45) is 11.8 Å². The van der Waals surface area contributed by atoms with E-state index in [-0.39, 0.29) is 35.2 Å². The SMILES string of the molecule is C#C[C@@H](NC(=O)[C@H]1CCCN(S(=O)(=O)c2ccccc2)C1)C1CCOCC1. The number of carbonyl (C=O) groups excluding carboxylic acids is 1. The summed E-state index contributed by atoms with van der Waals surface area (Å²) in [6.07, 6.45) is 8.62. The second-order valence-corrected chi connectivity index (χ2v) is 9.06. The predicted molar refractivity (Wildman–Crippen MR) is 102 cm³/mol. The van der Waals surface area contributed by atoms with Crippen LogP contribution in [0.5, 0.6) is 0 Å². The molecule has 2 saturated heterocycles. The highest BCUT2D eigenvalue weighted by molar-refractivity contribution is 7.89. The lowest BCUT2D eigenvalue weighted by atomic mass is 9.91. The van der Waals surface area contributed by atoms with Gasteiger partial charge in [-0.2, -0.15) is 4.31 Å². The van der Waals surface area contributed by atoms with Crippen LogP contribution in [0.1, 0.15) is 25.7 Å². The van der Waals surface area contributed by atoms with Crippen molar-refractivity contribution < 1.29 is 17.9 Å². The molecular weight excluding hydrogens is 364 g/mol. The van der Waals surface area contributed by atoms with Crippen molar-refractivity contribution in [3.05, 3.63) is 30.3 Å². The van der Waals surface area contributed by atoms with Crippen LogP contribution in [0, 0.1) is 24.2 Å². The Bertz CT molecular complexity index is 782. The first-order chi connectivity index (χ1) is 13.0. The number of nitrogens with zero attached hydrogens (tertiary/aromatic N) is 1. The van der Waals surface area contributed by atoms with Gasteiger partial charge in [0.1, 0.15) is 0 Å². The third-order valence-corrected chi connectivity index (χ3v) is 7.23. The Kier molecular flexibility index (Phi) is 6.53. The number of hydrogen-bond donors (Lipinski definition) is 1. The molecule has 2 aliphatic heterocycles. The highest BCUT2D eigenvalue weighted by Crippen LogP contribution is 2.25. The molecule has 0 radical (unpaired) electrons. The molecule has 1 N–H and O–H groups in total. The highest BCUT2D eigenvalue weighted by Gasteiger charge is 2.34. The van der Waals surface area contributed by atoms with Crippen LogP contribution < -0.4 is 5.32 Å². The normalized spacial score (nSPS) is 23.3. The summed E-state index contributed by atoms with van der Waals surface area (Å²) in [6.45, 7) is 1.93. The van der Waals surface area contributed by atoms with E-state index in [0.29, 0.717) is 32.6 Å². The summed E-state index contributed by atoms with van der Waals surface area (Å²) >= 11 is 0. The van der Waals surface area contributed by atoms with Gasteiger partial charge in [0.2, 0.25) is 15.9 Å². The summed E-state index contributed by atoms with van der Waals surface area (Å²) in [5.74, 6) is 2.36. The minimum Gasteiger partial charge on any atom is -0.381 e. The van der Waals surface area contributed by atoms with E-state index in [4.69, 9.17) is 11.2 Å². The van der Waals surface area contributed by atoms with Crippen LogP contribution in [-0.2, 0) is 19.6 Å². The lowest BCUT2D eigenvalue weighted by Crippen LogP contribution is -2.49. The van der Waals surface area contributed by atoms with Crippen molar-refractivity contribution >= 4 is 15.9 Å². The molecule has 0 aromatic heterocycles.